The van der Waals surface area contributed by atoms with Crippen LogP contribution >= 0.6 is 0 Å². The zero-order chi connectivity index (χ0) is 12.9. The minimum Gasteiger partial charge on any atom is -0.388 e. The molecular weight excluding hydrogens is 238 g/mol. The Morgan fingerprint density at radius 3 is 2.76 bits per heavy atom. The molecule has 0 aliphatic rings. The maximum absolute atomic E-state index is 11.3. The van der Waals surface area contributed by atoms with Crippen LogP contribution in [-0.2, 0) is 9.84 Å². The number of nitrogens with zero attached hydrogens (tertiary/aromatic N) is 1. The molecule has 0 saturated carbocycles. The van der Waals surface area contributed by atoms with Crippen molar-refractivity contribution in [1.82, 2.24) is 4.98 Å². The second-order valence-corrected chi connectivity index (χ2v) is 6.60. The van der Waals surface area contributed by atoms with E-state index >= 15 is 0 Å². The van der Waals surface area contributed by atoms with E-state index in [1.54, 1.807) is 19.3 Å². The number of pyridine rings is 1. The van der Waals surface area contributed by atoms with Crippen molar-refractivity contribution in [3.05, 3.63) is 29.6 Å². The lowest BCUT2D eigenvalue weighted by molar-refractivity contribution is 0.165. The molecule has 0 radical (unpaired) electrons. The van der Waals surface area contributed by atoms with E-state index in [-0.39, 0.29) is 11.5 Å². The fourth-order valence-electron chi connectivity index (χ4n) is 1.62. The summed E-state index contributed by atoms with van der Waals surface area (Å²) in [6.07, 6.45) is 3.61. The Balaban J connectivity index is 2.51. The molecule has 0 aliphatic carbocycles. The van der Waals surface area contributed by atoms with E-state index in [0.717, 1.165) is 11.1 Å². The van der Waals surface area contributed by atoms with Crippen LogP contribution in [0.1, 0.15) is 37.0 Å². The molecule has 1 unspecified atom stereocenters. The molecule has 0 aliphatic heterocycles. The topological polar surface area (TPSA) is 67.3 Å². The van der Waals surface area contributed by atoms with E-state index in [1.165, 1.54) is 0 Å². The molecule has 1 aromatic heterocycles. The van der Waals surface area contributed by atoms with Crippen LogP contribution < -0.4 is 0 Å². The third-order valence-corrected chi connectivity index (χ3v) is 4.60. The van der Waals surface area contributed by atoms with Gasteiger partial charge >= 0.3 is 0 Å². The van der Waals surface area contributed by atoms with E-state index in [0.29, 0.717) is 12.8 Å². The molecule has 0 amide bonds. The molecule has 17 heavy (non-hydrogen) atoms. The first-order valence-corrected chi connectivity index (χ1v) is 7.57. The van der Waals surface area contributed by atoms with Gasteiger partial charge in [0.1, 0.15) is 9.84 Å². The van der Waals surface area contributed by atoms with Crippen molar-refractivity contribution in [2.24, 2.45) is 0 Å². The third kappa shape index (κ3) is 4.44. The molecule has 0 fully saturated rings. The number of hydrogen-bond donors (Lipinski definition) is 1. The minimum atomic E-state index is -2.93. The van der Waals surface area contributed by atoms with Crippen molar-refractivity contribution < 1.29 is 13.5 Å². The molecule has 0 aromatic carbocycles. The van der Waals surface area contributed by atoms with Crippen molar-refractivity contribution in [2.75, 3.05) is 11.5 Å². The van der Waals surface area contributed by atoms with Gasteiger partial charge in [-0.15, -0.1) is 0 Å². The quantitative estimate of drug-likeness (QED) is 0.841. The van der Waals surface area contributed by atoms with Crippen LogP contribution in [0, 0.1) is 6.92 Å². The Hall–Kier alpha value is -0.940. The van der Waals surface area contributed by atoms with Crippen LogP contribution in [0.3, 0.4) is 0 Å². The summed E-state index contributed by atoms with van der Waals surface area (Å²) in [7, 11) is -2.93. The number of aliphatic hydroxyl groups excluding tert-OH is 1. The highest BCUT2D eigenvalue weighted by Gasteiger charge is 2.13. The Morgan fingerprint density at radius 1 is 1.47 bits per heavy atom. The van der Waals surface area contributed by atoms with E-state index in [9.17, 15) is 13.5 Å². The Morgan fingerprint density at radius 2 is 2.18 bits per heavy atom. The van der Waals surface area contributed by atoms with Crippen LogP contribution in [0.5, 0.6) is 0 Å². The SMILES string of the molecule is CCS(=O)(=O)CCCC(O)c1cnccc1C. The number of rotatable bonds is 6. The summed E-state index contributed by atoms with van der Waals surface area (Å²) in [5.41, 5.74) is 1.76. The maximum atomic E-state index is 11.3. The molecule has 0 spiro atoms. The van der Waals surface area contributed by atoms with Crippen LogP contribution in [0.25, 0.3) is 0 Å². The smallest absolute Gasteiger partial charge is 0.150 e. The molecule has 1 aromatic rings. The van der Waals surface area contributed by atoms with Gasteiger partial charge in [-0.25, -0.2) is 8.42 Å². The summed E-state index contributed by atoms with van der Waals surface area (Å²) in [6, 6.07) is 1.83. The Kier molecular flexibility index (Phi) is 5.08. The van der Waals surface area contributed by atoms with Gasteiger partial charge < -0.3 is 5.11 Å². The summed E-state index contributed by atoms with van der Waals surface area (Å²) in [5.74, 6) is 0.300. The van der Waals surface area contributed by atoms with Gasteiger partial charge in [-0.05, 0) is 31.4 Å². The van der Waals surface area contributed by atoms with Crippen LogP contribution in [0.2, 0.25) is 0 Å². The molecule has 5 heteroatoms. The largest absolute Gasteiger partial charge is 0.388 e. The van der Waals surface area contributed by atoms with Gasteiger partial charge in [-0.1, -0.05) is 6.92 Å². The summed E-state index contributed by atoms with van der Waals surface area (Å²) >= 11 is 0. The monoisotopic (exact) mass is 257 g/mol. The fraction of sp³-hybridized carbons (Fsp3) is 0.583. The van der Waals surface area contributed by atoms with Gasteiger partial charge in [0, 0.05) is 23.7 Å². The number of hydrogen-bond acceptors (Lipinski definition) is 4. The van der Waals surface area contributed by atoms with Crippen LogP contribution in [0.15, 0.2) is 18.5 Å². The van der Waals surface area contributed by atoms with Crippen molar-refractivity contribution in [3.63, 3.8) is 0 Å². The standard InChI is InChI=1S/C12H19NO3S/c1-3-17(15,16)8-4-5-12(14)11-9-13-7-6-10(11)2/h6-7,9,12,14H,3-5,8H2,1-2H3. The average Bonchev–Trinajstić information content (AvgIpc) is 2.29. The highest BCUT2D eigenvalue weighted by Crippen LogP contribution is 2.20. The number of sulfone groups is 1. The second-order valence-electron chi connectivity index (χ2n) is 4.13. The highest BCUT2D eigenvalue weighted by molar-refractivity contribution is 7.91. The molecular formula is C12H19NO3S. The van der Waals surface area contributed by atoms with Gasteiger partial charge in [0.05, 0.1) is 11.9 Å². The summed E-state index contributed by atoms with van der Waals surface area (Å²) < 4.78 is 22.6. The Bertz CT molecular complexity index is 457. The van der Waals surface area contributed by atoms with Gasteiger partial charge in [-0.2, -0.15) is 0 Å². The predicted molar refractivity (Wildman–Crippen MR) is 67.5 cm³/mol. The van der Waals surface area contributed by atoms with Gasteiger partial charge in [-0.3, -0.25) is 4.98 Å². The van der Waals surface area contributed by atoms with Crippen molar-refractivity contribution in [1.29, 1.82) is 0 Å². The van der Waals surface area contributed by atoms with Gasteiger partial charge in [0.25, 0.3) is 0 Å². The number of aromatic nitrogens is 1. The molecule has 0 saturated heterocycles. The van der Waals surface area contributed by atoms with E-state index < -0.39 is 15.9 Å². The minimum absolute atomic E-state index is 0.139. The normalized spacial score (nSPS) is 13.6. The molecule has 1 heterocycles. The average molecular weight is 257 g/mol. The molecule has 96 valence electrons. The van der Waals surface area contributed by atoms with E-state index in [1.807, 2.05) is 13.0 Å². The van der Waals surface area contributed by atoms with Crippen LogP contribution in [-0.4, -0.2) is 30.0 Å². The fourth-order valence-corrected chi connectivity index (χ4v) is 2.52. The lowest BCUT2D eigenvalue weighted by atomic mass is 10.0. The van der Waals surface area contributed by atoms with E-state index in [2.05, 4.69) is 4.98 Å². The second kappa shape index (κ2) is 6.12. The summed E-state index contributed by atoms with van der Waals surface area (Å²) in [5, 5.41) is 9.94. The third-order valence-electron chi connectivity index (χ3n) is 2.81. The first kappa shape index (κ1) is 14.1. The highest BCUT2D eigenvalue weighted by atomic mass is 32.2. The molecule has 4 nitrogen and oxygen atoms in total. The lowest BCUT2D eigenvalue weighted by Crippen LogP contribution is -2.10. The van der Waals surface area contributed by atoms with E-state index in [4.69, 9.17) is 0 Å². The number of aryl methyl sites for hydroxylation is 1. The number of aliphatic hydroxyl groups is 1. The zero-order valence-corrected chi connectivity index (χ0v) is 11.1. The first-order valence-electron chi connectivity index (χ1n) is 5.75. The van der Waals surface area contributed by atoms with Crippen molar-refractivity contribution in [2.45, 2.75) is 32.8 Å². The summed E-state index contributed by atoms with van der Waals surface area (Å²) in [4.78, 5) is 3.96. The first-order chi connectivity index (χ1) is 7.96. The van der Waals surface area contributed by atoms with Crippen molar-refractivity contribution in [3.8, 4) is 0 Å². The van der Waals surface area contributed by atoms with Gasteiger partial charge in [0.2, 0.25) is 0 Å². The lowest BCUT2D eigenvalue weighted by Gasteiger charge is -2.12. The molecule has 1 N–H and O–H groups in total. The molecule has 1 atom stereocenters. The molecule has 0 bridgehead atoms. The molecule has 1 rings (SSSR count). The van der Waals surface area contributed by atoms with Gasteiger partial charge in [0.15, 0.2) is 0 Å². The zero-order valence-electron chi connectivity index (χ0n) is 10.3. The van der Waals surface area contributed by atoms with Crippen molar-refractivity contribution >= 4 is 9.84 Å². The Labute approximate surface area is 103 Å². The maximum Gasteiger partial charge on any atom is 0.150 e. The summed E-state index contributed by atoms with van der Waals surface area (Å²) in [6.45, 7) is 3.54. The predicted octanol–water partition coefficient (Wildman–Crippen LogP) is 1.64. The van der Waals surface area contributed by atoms with Crippen LogP contribution in [0.4, 0.5) is 0 Å².